The quantitative estimate of drug-likeness (QED) is 0.754. The van der Waals surface area contributed by atoms with Crippen LogP contribution in [0.3, 0.4) is 0 Å². The molecule has 0 saturated carbocycles. The summed E-state index contributed by atoms with van der Waals surface area (Å²) in [5, 5.41) is 0. The second-order valence-corrected chi connectivity index (χ2v) is 4.51. The molecule has 0 saturated heterocycles. The van der Waals surface area contributed by atoms with Crippen LogP contribution < -0.4 is 0 Å². The zero-order valence-corrected chi connectivity index (χ0v) is 9.35. The molecule has 1 nitrogen and oxygen atoms in total. The minimum Gasteiger partial charge on any atom is -0.261 e. The summed E-state index contributed by atoms with van der Waals surface area (Å²) in [5.74, 6) is 0. The molecule has 12 heavy (non-hydrogen) atoms. The van der Waals surface area contributed by atoms with Gasteiger partial charge in [0.2, 0.25) is 0 Å². The van der Waals surface area contributed by atoms with Crippen LogP contribution in [0.4, 0.5) is 0 Å². The van der Waals surface area contributed by atoms with Gasteiger partial charge in [-0.05, 0) is 18.6 Å². The Hall–Kier alpha value is -0.370. The van der Waals surface area contributed by atoms with Gasteiger partial charge in [-0.15, -0.1) is 0 Å². The Morgan fingerprint density at radius 3 is 2.67 bits per heavy atom. The highest BCUT2D eigenvalue weighted by atomic mass is 79.9. The third-order valence-electron chi connectivity index (χ3n) is 2.30. The normalized spacial score (nSPS) is 11.7. The lowest BCUT2D eigenvalue weighted by Gasteiger charge is -2.21. The molecule has 1 aromatic heterocycles. The Balaban J connectivity index is 3.03. The largest absolute Gasteiger partial charge is 0.261 e. The molecule has 0 N–H and O–H groups in total. The fraction of sp³-hybridized carbons (Fsp3) is 0.500. The zero-order valence-electron chi connectivity index (χ0n) is 7.76. The average molecular weight is 228 g/mol. The third-order valence-corrected chi connectivity index (χ3v) is 2.79. The van der Waals surface area contributed by atoms with E-state index in [0.717, 1.165) is 16.6 Å². The summed E-state index contributed by atoms with van der Waals surface area (Å²) in [6.07, 6.45) is 2.95. The number of halogens is 1. The van der Waals surface area contributed by atoms with Crippen LogP contribution in [0.15, 0.2) is 22.8 Å². The first-order valence-electron chi connectivity index (χ1n) is 4.18. The van der Waals surface area contributed by atoms with Crippen molar-refractivity contribution in [3.63, 3.8) is 0 Å². The molecule has 0 aliphatic carbocycles. The topological polar surface area (TPSA) is 12.9 Å². The number of hydrogen-bond acceptors (Lipinski definition) is 1. The van der Waals surface area contributed by atoms with Gasteiger partial charge in [0.05, 0.1) is 0 Å². The molecule has 0 bridgehead atoms. The number of hydrogen-bond donors (Lipinski definition) is 0. The van der Waals surface area contributed by atoms with Crippen LogP contribution in [0.1, 0.15) is 32.9 Å². The van der Waals surface area contributed by atoms with E-state index < -0.39 is 0 Å². The van der Waals surface area contributed by atoms with Gasteiger partial charge in [-0.2, -0.15) is 0 Å². The summed E-state index contributed by atoms with van der Waals surface area (Å²) in [6, 6.07) is 4.04. The molecule has 0 radical (unpaired) electrons. The molecule has 1 aromatic rings. The lowest BCUT2D eigenvalue weighted by Crippen LogP contribution is -2.17. The zero-order chi connectivity index (χ0) is 9.19. The van der Waals surface area contributed by atoms with Crippen LogP contribution in [-0.2, 0) is 5.41 Å². The molecule has 0 unspecified atom stereocenters. The Bertz CT molecular complexity index is 268. The van der Waals surface area contributed by atoms with Crippen molar-refractivity contribution in [2.75, 3.05) is 0 Å². The van der Waals surface area contributed by atoms with Crippen molar-refractivity contribution in [3.8, 4) is 0 Å². The summed E-state index contributed by atoms with van der Waals surface area (Å²) in [4.78, 5) is 4.35. The van der Waals surface area contributed by atoms with E-state index in [9.17, 15) is 0 Å². The van der Waals surface area contributed by atoms with E-state index in [-0.39, 0.29) is 5.41 Å². The minimum atomic E-state index is 0.184. The highest BCUT2D eigenvalue weighted by Gasteiger charge is 2.19. The monoisotopic (exact) mass is 227 g/mol. The predicted molar refractivity (Wildman–Crippen MR) is 55.3 cm³/mol. The van der Waals surface area contributed by atoms with Crippen LogP contribution in [0.2, 0.25) is 0 Å². The summed E-state index contributed by atoms with van der Waals surface area (Å²) < 4.78 is 1.11. The van der Waals surface area contributed by atoms with E-state index in [1.54, 1.807) is 0 Å². The van der Waals surface area contributed by atoms with Crippen LogP contribution in [0.5, 0.6) is 0 Å². The second-order valence-electron chi connectivity index (χ2n) is 3.60. The number of nitrogens with zero attached hydrogens (tertiary/aromatic N) is 1. The standard InChI is InChI=1S/C10H14BrN/c1-4-10(2,3)9-7-8(11)5-6-12-9/h5-7H,4H2,1-3H3. The fourth-order valence-electron chi connectivity index (χ4n) is 0.956. The second kappa shape index (κ2) is 3.56. The van der Waals surface area contributed by atoms with E-state index in [1.165, 1.54) is 0 Å². The summed E-state index contributed by atoms with van der Waals surface area (Å²) >= 11 is 3.44. The molecule has 0 fully saturated rings. The molecule has 1 rings (SSSR count). The summed E-state index contributed by atoms with van der Waals surface area (Å²) in [7, 11) is 0. The molecular weight excluding hydrogens is 214 g/mol. The van der Waals surface area contributed by atoms with Crippen molar-refractivity contribution >= 4 is 15.9 Å². The Morgan fingerprint density at radius 1 is 1.50 bits per heavy atom. The molecule has 0 spiro atoms. The van der Waals surface area contributed by atoms with Gasteiger partial charge in [0.15, 0.2) is 0 Å². The number of aromatic nitrogens is 1. The van der Waals surface area contributed by atoms with Crippen LogP contribution in [0.25, 0.3) is 0 Å². The SMILES string of the molecule is CCC(C)(C)c1cc(Br)ccn1. The van der Waals surface area contributed by atoms with Crippen molar-refractivity contribution in [1.82, 2.24) is 4.98 Å². The van der Waals surface area contributed by atoms with E-state index in [1.807, 2.05) is 12.3 Å². The first kappa shape index (κ1) is 9.72. The Morgan fingerprint density at radius 2 is 2.17 bits per heavy atom. The van der Waals surface area contributed by atoms with Gasteiger partial charge in [-0.1, -0.05) is 36.7 Å². The van der Waals surface area contributed by atoms with E-state index in [0.29, 0.717) is 0 Å². The Labute approximate surface area is 82.3 Å². The van der Waals surface area contributed by atoms with Crippen molar-refractivity contribution in [1.29, 1.82) is 0 Å². The van der Waals surface area contributed by atoms with Crippen molar-refractivity contribution in [2.45, 2.75) is 32.6 Å². The number of rotatable bonds is 2. The lowest BCUT2D eigenvalue weighted by atomic mass is 9.86. The van der Waals surface area contributed by atoms with Crippen molar-refractivity contribution in [2.24, 2.45) is 0 Å². The van der Waals surface area contributed by atoms with Crippen LogP contribution >= 0.6 is 15.9 Å². The predicted octanol–water partition coefficient (Wildman–Crippen LogP) is 3.53. The summed E-state index contributed by atoms with van der Waals surface area (Å²) in [5.41, 5.74) is 1.34. The molecule has 0 amide bonds. The van der Waals surface area contributed by atoms with Gasteiger partial charge in [0.25, 0.3) is 0 Å². The maximum Gasteiger partial charge on any atom is 0.0470 e. The van der Waals surface area contributed by atoms with Gasteiger partial charge < -0.3 is 0 Å². The highest BCUT2D eigenvalue weighted by Crippen LogP contribution is 2.26. The smallest absolute Gasteiger partial charge is 0.0470 e. The average Bonchev–Trinajstić information content (AvgIpc) is 2.05. The lowest BCUT2D eigenvalue weighted by molar-refractivity contribution is 0.490. The Kier molecular flexibility index (Phi) is 2.89. The fourth-order valence-corrected chi connectivity index (χ4v) is 1.29. The van der Waals surface area contributed by atoms with Crippen molar-refractivity contribution in [3.05, 3.63) is 28.5 Å². The van der Waals surface area contributed by atoms with E-state index >= 15 is 0 Å². The molecule has 1 heterocycles. The number of pyridine rings is 1. The maximum absolute atomic E-state index is 4.35. The van der Waals surface area contributed by atoms with Crippen molar-refractivity contribution < 1.29 is 0 Å². The van der Waals surface area contributed by atoms with Crippen LogP contribution in [-0.4, -0.2) is 4.98 Å². The van der Waals surface area contributed by atoms with Gasteiger partial charge in [-0.25, -0.2) is 0 Å². The van der Waals surface area contributed by atoms with E-state index in [4.69, 9.17) is 0 Å². The molecule has 0 aromatic carbocycles. The minimum absolute atomic E-state index is 0.184. The molecule has 0 aliphatic rings. The van der Waals surface area contributed by atoms with Gasteiger partial charge in [0, 0.05) is 21.8 Å². The molecular formula is C10H14BrN. The third kappa shape index (κ3) is 2.07. The molecule has 66 valence electrons. The van der Waals surface area contributed by atoms with Crippen LogP contribution in [0, 0.1) is 0 Å². The van der Waals surface area contributed by atoms with Gasteiger partial charge in [-0.3, -0.25) is 4.98 Å². The maximum atomic E-state index is 4.35. The first-order valence-corrected chi connectivity index (χ1v) is 4.97. The summed E-state index contributed by atoms with van der Waals surface area (Å²) in [6.45, 7) is 6.60. The molecule has 0 atom stereocenters. The van der Waals surface area contributed by atoms with E-state index in [2.05, 4.69) is 47.8 Å². The highest BCUT2D eigenvalue weighted by molar-refractivity contribution is 9.10. The molecule has 2 heteroatoms. The first-order chi connectivity index (χ1) is 5.56. The molecule has 0 aliphatic heterocycles. The van der Waals surface area contributed by atoms with Gasteiger partial charge in [0.1, 0.15) is 0 Å². The van der Waals surface area contributed by atoms with Gasteiger partial charge >= 0.3 is 0 Å².